The van der Waals surface area contributed by atoms with E-state index in [1.807, 2.05) is 6.92 Å². The van der Waals surface area contributed by atoms with Gasteiger partial charge in [0.2, 0.25) is 5.91 Å². The summed E-state index contributed by atoms with van der Waals surface area (Å²) in [5.41, 5.74) is 5.15. The van der Waals surface area contributed by atoms with E-state index < -0.39 is 30.7 Å². The molecule has 0 radical (unpaired) electrons. The standard InChI is InChI=1S/C11H16F3N3O2S.C4H10O/c12-11(13,14)3-1-2-7(17-8(18)6-15)9(19)10-16-4-5-20-10;1-3-4(2)5/h4-5,7,9,19H,1-3,6,15H2,(H,17,18);4-5H,3H2,1-2H3. The van der Waals surface area contributed by atoms with Gasteiger partial charge in [-0.05, 0) is 26.2 Å². The van der Waals surface area contributed by atoms with Crippen LogP contribution in [0.25, 0.3) is 0 Å². The lowest BCUT2D eigenvalue weighted by molar-refractivity contribution is -0.136. The third-order valence-electron chi connectivity index (χ3n) is 3.18. The summed E-state index contributed by atoms with van der Waals surface area (Å²) in [6.45, 7) is 3.44. The molecule has 3 atom stereocenters. The minimum absolute atomic E-state index is 0.00794. The lowest BCUT2D eigenvalue weighted by atomic mass is 10.0. The summed E-state index contributed by atoms with van der Waals surface area (Å²) < 4.78 is 36.4. The monoisotopic (exact) mass is 385 g/mol. The minimum Gasteiger partial charge on any atom is -0.393 e. The highest BCUT2D eigenvalue weighted by atomic mass is 32.1. The molecule has 0 aliphatic carbocycles. The molecular formula is C15H26F3N3O3S. The first-order chi connectivity index (χ1) is 11.6. The number of amides is 1. The van der Waals surface area contributed by atoms with Crippen LogP contribution in [0.3, 0.4) is 0 Å². The zero-order valence-corrected chi connectivity index (χ0v) is 15.1. The van der Waals surface area contributed by atoms with E-state index in [-0.39, 0.29) is 25.5 Å². The van der Waals surface area contributed by atoms with Crippen molar-refractivity contribution in [2.45, 2.75) is 64.0 Å². The molecule has 0 saturated heterocycles. The lowest BCUT2D eigenvalue weighted by Crippen LogP contribution is -2.42. The van der Waals surface area contributed by atoms with E-state index in [0.717, 1.165) is 6.42 Å². The Morgan fingerprint density at radius 3 is 2.44 bits per heavy atom. The first-order valence-electron chi connectivity index (χ1n) is 7.92. The van der Waals surface area contributed by atoms with Crippen LogP contribution in [0.2, 0.25) is 0 Å². The molecule has 0 spiro atoms. The number of nitrogens with two attached hydrogens (primary N) is 1. The first kappa shape index (κ1) is 23.8. The summed E-state index contributed by atoms with van der Waals surface area (Å²) >= 11 is 1.17. The normalized spacial score (nSPS) is 14.9. The van der Waals surface area contributed by atoms with Gasteiger partial charge in [-0.15, -0.1) is 11.3 Å². The number of thiazole rings is 1. The molecule has 1 rings (SSSR count). The Balaban J connectivity index is 0.00000101. The molecule has 1 heterocycles. The van der Waals surface area contributed by atoms with E-state index in [2.05, 4.69) is 10.3 Å². The number of aliphatic hydroxyl groups is 2. The third kappa shape index (κ3) is 11.9. The van der Waals surface area contributed by atoms with Crippen LogP contribution < -0.4 is 11.1 Å². The first-order valence-corrected chi connectivity index (χ1v) is 8.80. The maximum absolute atomic E-state index is 12.1. The van der Waals surface area contributed by atoms with E-state index in [1.54, 1.807) is 12.3 Å². The molecule has 6 nitrogen and oxygen atoms in total. The van der Waals surface area contributed by atoms with Gasteiger partial charge in [0.05, 0.1) is 18.7 Å². The quantitative estimate of drug-likeness (QED) is 0.548. The third-order valence-corrected chi connectivity index (χ3v) is 4.03. The fourth-order valence-electron chi connectivity index (χ4n) is 1.65. The van der Waals surface area contributed by atoms with Crippen molar-refractivity contribution in [3.8, 4) is 0 Å². The number of hydrogen-bond donors (Lipinski definition) is 4. The summed E-state index contributed by atoms with van der Waals surface area (Å²) in [6, 6.07) is -0.834. The summed E-state index contributed by atoms with van der Waals surface area (Å²) in [4.78, 5) is 15.2. The molecule has 25 heavy (non-hydrogen) atoms. The lowest BCUT2D eigenvalue weighted by Gasteiger charge is -2.23. The molecule has 0 fully saturated rings. The molecule has 10 heteroatoms. The number of rotatable bonds is 8. The van der Waals surface area contributed by atoms with Crippen molar-refractivity contribution < 1.29 is 28.2 Å². The number of halogens is 3. The molecule has 1 amide bonds. The number of nitrogens with zero attached hydrogens (tertiary/aromatic N) is 1. The smallest absolute Gasteiger partial charge is 0.389 e. The molecule has 1 aromatic heterocycles. The number of alkyl halides is 3. The van der Waals surface area contributed by atoms with Crippen molar-refractivity contribution in [2.24, 2.45) is 5.73 Å². The van der Waals surface area contributed by atoms with Crippen molar-refractivity contribution in [2.75, 3.05) is 6.54 Å². The maximum atomic E-state index is 12.1. The van der Waals surface area contributed by atoms with Crippen molar-refractivity contribution in [3.05, 3.63) is 16.6 Å². The summed E-state index contributed by atoms with van der Waals surface area (Å²) in [5, 5.41) is 22.8. The van der Waals surface area contributed by atoms with Crippen molar-refractivity contribution in [1.82, 2.24) is 10.3 Å². The molecule has 0 aromatic carbocycles. The fraction of sp³-hybridized carbons (Fsp3) is 0.733. The zero-order chi connectivity index (χ0) is 19.5. The van der Waals surface area contributed by atoms with Crippen molar-refractivity contribution in [3.63, 3.8) is 0 Å². The molecule has 0 aliphatic heterocycles. The fourth-order valence-corrected chi connectivity index (χ4v) is 2.34. The van der Waals surface area contributed by atoms with Crippen LogP contribution in [0.15, 0.2) is 11.6 Å². The number of nitrogens with one attached hydrogen (secondary N) is 1. The van der Waals surface area contributed by atoms with Gasteiger partial charge < -0.3 is 21.3 Å². The van der Waals surface area contributed by atoms with Gasteiger partial charge in [-0.25, -0.2) is 4.98 Å². The predicted octanol–water partition coefficient (Wildman–Crippen LogP) is 2.13. The second-order valence-corrected chi connectivity index (χ2v) is 6.38. The molecule has 3 unspecified atom stereocenters. The second-order valence-electron chi connectivity index (χ2n) is 5.46. The van der Waals surface area contributed by atoms with Gasteiger partial charge in [0.25, 0.3) is 0 Å². The van der Waals surface area contributed by atoms with Crippen LogP contribution in [0.1, 0.15) is 50.6 Å². The highest BCUT2D eigenvalue weighted by Crippen LogP contribution is 2.26. The van der Waals surface area contributed by atoms with Crippen molar-refractivity contribution in [1.29, 1.82) is 0 Å². The number of carbonyl (C=O) groups excluding carboxylic acids is 1. The van der Waals surface area contributed by atoms with Gasteiger partial charge in [0.15, 0.2) is 0 Å². The van der Waals surface area contributed by atoms with Gasteiger partial charge in [-0.2, -0.15) is 13.2 Å². The van der Waals surface area contributed by atoms with Gasteiger partial charge in [0, 0.05) is 18.0 Å². The highest BCUT2D eigenvalue weighted by Gasteiger charge is 2.29. The van der Waals surface area contributed by atoms with Gasteiger partial charge in [0.1, 0.15) is 11.1 Å². The van der Waals surface area contributed by atoms with E-state index in [0.29, 0.717) is 5.01 Å². The number of carbonyl (C=O) groups is 1. The Kier molecular flexibility index (Phi) is 11.6. The van der Waals surface area contributed by atoms with E-state index >= 15 is 0 Å². The number of aromatic nitrogens is 1. The Bertz CT molecular complexity index is 470. The van der Waals surface area contributed by atoms with Gasteiger partial charge in [-0.3, -0.25) is 4.79 Å². The second kappa shape index (κ2) is 12.2. The van der Waals surface area contributed by atoms with E-state index in [4.69, 9.17) is 10.8 Å². The zero-order valence-electron chi connectivity index (χ0n) is 14.3. The van der Waals surface area contributed by atoms with Crippen LogP contribution >= 0.6 is 11.3 Å². The average Bonchev–Trinajstić information content (AvgIpc) is 3.06. The molecular weight excluding hydrogens is 359 g/mol. The van der Waals surface area contributed by atoms with Crippen LogP contribution in [0.4, 0.5) is 13.2 Å². The van der Waals surface area contributed by atoms with E-state index in [9.17, 15) is 23.1 Å². The van der Waals surface area contributed by atoms with E-state index in [1.165, 1.54) is 17.5 Å². The highest BCUT2D eigenvalue weighted by molar-refractivity contribution is 7.09. The Labute approximate surface area is 149 Å². The number of aliphatic hydroxyl groups excluding tert-OH is 2. The summed E-state index contributed by atoms with van der Waals surface area (Å²) in [5.74, 6) is -0.530. The van der Waals surface area contributed by atoms with Crippen LogP contribution in [-0.2, 0) is 4.79 Å². The summed E-state index contributed by atoms with van der Waals surface area (Å²) in [6.07, 6.45) is -4.34. The maximum Gasteiger partial charge on any atom is 0.389 e. The van der Waals surface area contributed by atoms with Crippen LogP contribution in [-0.4, -0.2) is 46.0 Å². The predicted molar refractivity (Wildman–Crippen MR) is 89.9 cm³/mol. The molecule has 5 N–H and O–H groups in total. The molecule has 0 saturated carbocycles. The summed E-state index contributed by atoms with van der Waals surface area (Å²) in [7, 11) is 0. The largest absolute Gasteiger partial charge is 0.393 e. The topological polar surface area (TPSA) is 108 Å². The van der Waals surface area contributed by atoms with Gasteiger partial charge in [-0.1, -0.05) is 6.92 Å². The van der Waals surface area contributed by atoms with Crippen molar-refractivity contribution >= 4 is 17.2 Å². The molecule has 0 aliphatic rings. The molecule has 0 bridgehead atoms. The Hall–Kier alpha value is -1.23. The Morgan fingerprint density at radius 1 is 1.44 bits per heavy atom. The average molecular weight is 385 g/mol. The van der Waals surface area contributed by atoms with Crippen LogP contribution in [0.5, 0.6) is 0 Å². The van der Waals surface area contributed by atoms with Crippen LogP contribution in [0, 0.1) is 0 Å². The minimum atomic E-state index is -4.26. The number of hydrogen-bond acceptors (Lipinski definition) is 6. The Morgan fingerprint density at radius 2 is 2.04 bits per heavy atom. The molecule has 1 aromatic rings. The molecule has 146 valence electrons. The van der Waals surface area contributed by atoms with Gasteiger partial charge >= 0.3 is 6.18 Å². The SMILES string of the molecule is CCC(C)O.NCC(=O)NC(CCCC(F)(F)F)C(O)c1nccs1.